The minimum Gasteiger partial charge on any atom is -0.339 e. The van der Waals surface area contributed by atoms with Crippen molar-refractivity contribution >= 4 is 28.3 Å². The van der Waals surface area contributed by atoms with Gasteiger partial charge in [0, 0.05) is 41.4 Å². The van der Waals surface area contributed by atoms with E-state index in [1.54, 1.807) is 0 Å². The number of likely N-dealkylation sites (tertiary alicyclic amines) is 1. The van der Waals surface area contributed by atoms with Gasteiger partial charge in [0.1, 0.15) is 0 Å². The Morgan fingerprint density at radius 3 is 2.26 bits per heavy atom. The van der Waals surface area contributed by atoms with Gasteiger partial charge in [-0.2, -0.15) is 0 Å². The SMILES string of the molecule is CC1(C(=O)Nc2nc(-c3cccc(C(=O)N4CCCCC4)c3)cs2)CC2c3ccccc3C1c1ccccc12. The van der Waals surface area contributed by atoms with Crippen molar-refractivity contribution in [3.05, 3.63) is 106 Å². The van der Waals surface area contributed by atoms with Gasteiger partial charge < -0.3 is 10.2 Å². The van der Waals surface area contributed by atoms with Crippen LogP contribution in [0.25, 0.3) is 11.3 Å². The molecule has 1 atom stereocenters. The van der Waals surface area contributed by atoms with Crippen LogP contribution in [0, 0.1) is 5.41 Å². The van der Waals surface area contributed by atoms with E-state index in [4.69, 9.17) is 4.98 Å². The number of thiazole rings is 1. The lowest BCUT2D eigenvalue weighted by molar-refractivity contribution is -0.126. The van der Waals surface area contributed by atoms with Gasteiger partial charge >= 0.3 is 0 Å². The first kappa shape index (κ1) is 24.3. The lowest BCUT2D eigenvalue weighted by Gasteiger charge is -2.50. The number of piperidine rings is 1. The van der Waals surface area contributed by atoms with E-state index >= 15 is 0 Å². The standard InChI is InChI=1S/C33H31N3O2S/c1-33(19-27-23-12-3-5-14-25(23)29(33)26-15-6-4-13-24(26)27)31(38)35-32-34-28(20-39-32)21-10-9-11-22(18-21)30(37)36-16-7-2-8-17-36/h3-6,9-15,18,20,27,29H,2,7-8,16-17,19H2,1H3,(H,34,35,38). The summed E-state index contributed by atoms with van der Waals surface area (Å²) in [5.41, 5.74) is 7.00. The second-order valence-corrected chi connectivity index (χ2v) is 12.1. The molecule has 0 spiro atoms. The summed E-state index contributed by atoms with van der Waals surface area (Å²) in [4.78, 5) is 33.7. The van der Waals surface area contributed by atoms with Gasteiger partial charge in [-0.05, 0) is 67.0 Å². The van der Waals surface area contributed by atoms with E-state index in [9.17, 15) is 9.59 Å². The Labute approximate surface area is 232 Å². The molecule has 0 saturated carbocycles. The van der Waals surface area contributed by atoms with Crippen LogP contribution in [0.5, 0.6) is 0 Å². The molecule has 196 valence electrons. The minimum absolute atomic E-state index is 0.00631. The Hall–Kier alpha value is -3.77. The summed E-state index contributed by atoms with van der Waals surface area (Å²) < 4.78 is 0. The highest BCUT2D eigenvalue weighted by molar-refractivity contribution is 7.14. The third-order valence-electron chi connectivity index (χ3n) is 8.92. The third-order valence-corrected chi connectivity index (χ3v) is 9.68. The number of aromatic nitrogens is 1. The summed E-state index contributed by atoms with van der Waals surface area (Å²) in [5, 5.41) is 5.72. The molecule has 5 nitrogen and oxygen atoms in total. The van der Waals surface area contributed by atoms with Crippen LogP contribution in [0.3, 0.4) is 0 Å². The van der Waals surface area contributed by atoms with Crippen molar-refractivity contribution in [3.63, 3.8) is 0 Å². The van der Waals surface area contributed by atoms with Crippen molar-refractivity contribution in [2.75, 3.05) is 18.4 Å². The number of carbonyl (C=O) groups excluding carboxylic acids is 2. The van der Waals surface area contributed by atoms with Crippen molar-refractivity contribution in [1.82, 2.24) is 9.88 Å². The van der Waals surface area contributed by atoms with Gasteiger partial charge in [0.05, 0.1) is 11.1 Å². The van der Waals surface area contributed by atoms with E-state index in [1.165, 1.54) is 40.0 Å². The third kappa shape index (κ3) is 4.00. The zero-order chi connectivity index (χ0) is 26.6. The molecule has 1 fully saturated rings. The van der Waals surface area contributed by atoms with E-state index < -0.39 is 5.41 Å². The predicted octanol–water partition coefficient (Wildman–Crippen LogP) is 7.06. The molecule has 2 bridgehead atoms. The summed E-state index contributed by atoms with van der Waals surface area (Å²) in [7, 11) is 0. The minimum atomic E-state index is -0.583. The first-order valence-corrected chi connectivity index (χ1v) is 14.8. The molecule has 1 saturated heterocycles. The van der Waals surface area contributed by atoms with Crippen LogP contribution in [0.1, 0.15) is 77.1 Å². The fourth-order valence-electron chi connectivity index (χ4n) is 6.98. The number of nitrogens with zero attached hydrogens (tertiary/aromatic N) is 2. The molecule has 2 heterocycles. The second-order valence-electron chi connectivity index (χ2n) is 11.3. The van der Waals surface area contributed by atoms with Gasteiger partial charge in [0.2, 0.25) is 5.91 Å². The van der Waals surface area contributed by atoms with Crippen molar-refractivity contribution in [1.29, 1.82) is 0 Å². The number of anilines is 1. The van der Waals surface area contributed by atoms with E-state index in [0.717, 1.165) is 43.6 Å². The van der Waals surface area contributed by atoms with E-state index in [0.29, 0.717) is 10.7 Å². The maximum atomic E-state index is 14.0. The lowest BCUT2D eigenvalue weighted by atomic mass is 9.52. The van der Waals surface area contributed by atoms with Crippen LogP contribution in [-0.4, -0.2) is 34.8 Å². The molecule has 4 aromatic rings. The fraction of sp³-hybridized carbons (Fsp3) is 0.303. The highest BCUT2D eigenvalue weighted by Crippen LogP contribution is 2.61. The number of amides is 2. The van der Waals surface area contributed by atoms with Crippen molar-refractivity contribution in [2.45, 2.75) is 44.4 Å². The molecular weight excluding hydrogens is 502 g/mol. The average molecular weight is 534 g/mol. The summed E-state index contributed by atoms with van der Waals surface area (Å²) in [6, 6.07) is 24.9. The monoisotopic (exact) mass is 533 g/mol. The normalized spacial score (nSPS) is 23.2. The molecule has 1 aromatic heterocycles. The Morgan fingerprint density at radius 2 is 1.56 bits per heavy atom. The zero-order valence-corrected chi connectivity index (χ0v) is 22.8. The first-order chi connectivity index (χ1) is 19.0. The number of hydrogen-bond acceptors (Lipinski definition) is 4. The maximum Gasteiger partial charge on any atom is 0.253 e. The van der Waals surface area contributed by atoms with Crippen molar-refractivity contribution in [3.8, 4) is 11.3 Å². The van der Waals surface area contributed by atoms with Gasteiger partial charge in [-0.25, -0.2) is 4.98 Å². The number of benzene rings is 3. The second kappa shape index (κ2) is 9.45. The number of fused-ring (bicyclic) bond motifs is 1. The first-order valence-electron chi connectivity index (χ1n) is 13.9. The Bertz CT molecular complexity index is 1540. The summed E-state index contributed by atoms with van der Waals surface area (Å²) >= 11 is 1.43. The van der Waals surface area contributed by atoms with E-state index in [-0.39, 0.29) is 23.7 Å². The molecule has 3 aliphatic carbocycles. The Balaban J connectivity index is 1.14. The number of hydrogen-bond donors (Lipinski definition) is 1. The van der Waals surface area contributed by atoms with Crippen LogP contribution in [0.2, 0.25) is 0 Å². The molecule has 1 aliphatic heterocycles. The molecular formula is C33H31N3O2S. The lowest BCUT2D eigenvalue weighted by Crippen LogP contribution is -2.47. The van der Waals surface area contributed by atoms with Gasteiger partial charge in [-0.3, -0.25) is 9.59 Å². The molecule has 1 unspecified atom stereocenters. The zero-order valence-electron chi connectivity index (χ0n) is 22.0. The molecule has 4 aliphatic rings. The number of carbonyl (C=O) groups is 2. The van der Waals surface area contributed by atoms with Crippen molar-refractivity contribution in [2.24, 2.45) is 5.41 Å². The van der Waals surface area contributed by atoms with Crippen LogP contribution >= 0.6 is 11.3 Å². The van der Waals surface area contributed by atoms with E-state index in [2.05, 4.69) is 60.8 Å². The van der Waals surface area contributed by atoms with Crippen LogP contribution < -0.4 is 5.32 Å². The summed E-state index contributed by atoms with van der Waals surface area (Å²) in [6.45, 7) is 3.76. The molecule has 39 heavy (non-hydrogen) atoms. The highest BCUT2D eigenvalue weighted by Gasteiger charge is 2.54. The molecule has 8 rings (SSSR count). The molecule has 6 heteroatoms. The highest BCUT2D eigenvalue weighted by atomic mass is 32.1. The van der Waals surface area contributed by atoms with Crippen molar-refractivity contribution < 1.29 is 9.59 Å². The summed E-state index contributed by atoms with van der Waals surface area (Å²) in [5.74, 6) is 0.314. The number of nitrogens with one attached hydrogen (secondary N) is 1. The van der Waals surface area contributed by atoms with Gasteiger partial charge in [0.25, 0.3) is 5.91 Å². The smallest absolute Gasteiger partial charge is 0.253 e. The molecule has 2 amide bonds. The largest absolute Gasteiger partial charge is 0.339 e. The van der Waals surface area contributed by atoms with E-state index in [1.807, 2.05) is 34.5 Å². The van der Waals surface area contributed by atoms with Crippen LogP contribution in [-0.2, 0) is 4.79 Å². The van der Waals surface area contributed by atoms with Crippen LogP contribution in [0.15, 0.2) is 78.2 Å². The summed E-state index contributed by atoms with van der Waals surface area (Å²) in [6.07, 6.45) is 4.10. The Morgan fingerprint density at radius 1 is 0.897 bits per heavy atom. The maximum absolute atomic E-state index is 14.0. The molecule has 1 N–H and O–H groups in total. The predicted molar refractivity (Wildman–Crippen MR) is 155 cm³/mol. The van der Waals surface area contributed by atoms with Gasteiger partial charge in [-0.1, -0.05) is 60.7 Å². The average Bonchev–Trinajstić information content (AvgIpc) is 3.46. The quantitative estimate of drug-likeness (QED) is 0.305. The van der Waals surface area contributed by atoms with Gasteiger partial charge in [0.15, 0.2) is 5.13 Å². The number of rotatable bonds is 4. The topological polar surface area (TPSA) is 62.3 Å². The molecule has 0 radical (unpaired) electrons. The van der Waals surface area contributed by atoms with Crippen LogP contribution in [0.4, 0.5) is 5.13 Å². The Kier molecular flexibility index (Phi) is 5.89. The fourth-order valence-corrected chi connectivity index (χ4v) is 7.70. The van der Waals surface area contributed by atoms with Gasteiger partial charge in [-0.15, -0.1) is 11.3 Å². The molecule has 3 aromatic carbocycles.